The van der Waals surface area contributed by atoms with Gasteiger partial charge in [0.1, 0.15) is 0 Å². The summed E-state index contributed by atoms with van der Waals surface area (Å²) in [5.74, 6) is 0.679. The third-order valence-corrected chi connectivity index (χ3v) is 4.83. The van der Waals surface area contributed by atoms with Crippen molar-refractivity contribution in [3.8, 4) is 33.8 Å². The lowest BCUT2D eigenvalue weighted by Crippen LogP contribution is -1.94. The van der Waals surface area contributed by atoms with Crippen LogP contribution >= 0.6 is 15.9 Å². The Hall–Kier alpha value is -2.85. The van der Waals surface area contributed by atoms with Crippen LogP contribution in [0.25, 0.3) is 33.8 Å². The van der Waals surface area contributed by atoms with Gasteiger partial charge < -0.3 is 0 Å². The second-order valence-electron chi connectivity index (χ2n) is 5.89. The maximum Gasteiger partial charge on any atom is 0.160 e. The highest BCUT2D eigenvalue weighted by atomic mass is 79.9. The van der Waals surface area contributed by atoms with Crippen LogP contribution in [0.2, 0.25) is 0 Å². The molecule has 126 valence electrons. The minimum atomic E-state index is 0.679. The number of rotatable bonds is 4. The minimum absolute atomic E-state index is 0.679. The van der Waals surface area contributed by atoms with Crippen LogP contribution in [0.5, 0.6) is 0 Å². The highest BCUT2D eigenvalue weighted by Gasteiger charge is 2.12. The van der Waals surface area contributed by atoms with Crippen LogP contribution in [-0.2, 0) is 5.33 Å². The normalized spacial score (nSPS) is 10.7. The zero-order valence-electron chi connectivity index (χ0n) is 14.0. The number of benzene rings is 2. The summed E-state index contributed by atoms with van der Waals surface area (Å²) in [5.41, 5.74) is 6.39. The van der Waals surface area contributed by atoms with Gasteiger partial charge in [-0.1, -0.05) is 70.5 Å². The molecule has 2 heterocycles. The average molecular weight is 402 g/mol. The Bertz CT molecular complexity index is 1000. The summed E-state index contributed by atoms with van der Waals surface area (Å²) in [6.07, 6.45) is 5.34. The number of aromatic nitrogens is 3. The van der Waals surface area contributed by atoms with E-state index >= 15 is 0 Å². The molecule has 0 spiro atoms. The van der Waals surface area contributed by atoms with E-state index in [0.717, 1.165) is 33.3 Å². The molecule has 3 nitrogen and oxygen atoms in total. The Labute approximate surface area is 160 Å². The molecule has 4 heteroatoms. The van der Waals surface area contributed by atoms with Crippen LogP contribution < -0.4 is 0 Å². The maximum absolute atomic E-state index is 4.77. The van der Waals surface area contributed by atoms with Gasteiger partial charge in [0.25, 0.3) is 0 Å². The van der Waals surface area contributed by atoms with Gasteiger partial charge in [-0.05, 0) is 23.3 Å². The Kier molecular flexibility index (Phi) is 4.84. The lowest BCUT2D eigenvalue weighted by Gasteiger charge is -2.12. The molecule has 0 radical (unpaired) electrons. The van der Waals surface area contributed by atoms with Gasteiger partial charge in [0.2, 0.25) is 0 Å². The monoisotopic (exact) mass is 401 g/mol. The van der Waals surface area contributed by atoms with Crippen LogP contribution in [0, 0.1) is 0 Å². The van der Waals surface area contributed by atoms with E-state index in [1.165, 1.54) is 5.56 Å². The molecule has 4 aromatic rings. The fourth-order valence-electron chi connectivity index (χ4n) is 2.85. The molecule has 0 bridgehead atoms. The number of hydrogen-bond donors (Lipinski definition) is 0. The molecule has 0 atom stereocenters. The number of hydrogen-bond acceptors (Lipinski definition) is 3. The molecule has 0 saturated heterocycles. The predicted octanol–water partition coefficient (Wildman–Crippen LogP) is 5.77. The van der Waals surface area contributed by atoms with Crippen molar-refractivity contribution in [2.75, 3.05) is 0 Å². The summed E-state index contributed by atoms with van der Waals surface area (Å²) in [7, 11) is 0. The molecular formula is C22H16BrN3. The quantitative estimate of drug-likeness (QED) is 0.407. The highest BCUT2D eigenvalue weighted by molar-refractivity contribution is 9.08. The SMILES string of the molecule is BrCc1ccc(-c2ncc(-c3ncccn3)cc2-c2ccccc2)cc1. The molecule has 26 heavy (non-hydrogen) atoms. The van der Waals surface area contributed by atoms with E-state index in [9.17, 15) is 0 Å². The standard InChI is InChI=1S/C22H16BrN3/c23-14-16-7-9-18(10-8-16)21-20(17-5-2-1-3-6-17)13-19(15-26-21)22-24-11-4-12-25-22/h1-13,15H,14H2. The van der Waals surface area contributed by atoms with Crippen LogP contribution in [0.15, 0.2) is 85.3 Å². The molecule has 0 aliphatic rings. The van der Waals surface area contributed by atoms with Gasteiger partial charge in [-0.15, -0.1) is 0 Å². The zero-order chi connectivity index (χ0) is 17.8. The molecule has 0 N–H and O–H groups in total. The molecule has 2 aromatic heterocycles. The van der Waals surface area contributed by atoms with Gasteiger partial charge in [-0.25, -0.2) is 9.97 Å². The van der Waals surface area contributed by atoms with E-state index in [1.54, 1.807) is 12.4 Å². The minimum Gasteiger partial charge on any atom is -0.255 e. The second kappa shape index (κ2) is 7.58. The van der Waals surface area contributed by atoms with Crippen molar-refractivity contribution in [1.29, 1.82) is 0 Å². The molecule has 0 saturated carbocycles. The Morgan fingerprint density at radius 1 is 0.692 bits per heavy atom. The second-order valence-corrected chi connectivity index (χ2v) is 6.45. The van der Waals surface area contributed by atoms with Gasteiger partial charge in [-0.2, -0.15) is 0 Å². The first-order valence-corrected chi connectivity index (χ1v) is 9.45. The van der Waals surface area contributed by atoms with E-state index in [1.807, 2.05) is 30.5 Å². The first-order valence-electron chi connectivity index (χ1n) is 8.33. The van der Waals surface area contributed by atoms with E-state index < -0.39 is 0 Å². The number of halogens is 1. The Balaban J connectivity index is 1.88. The summed E-state index contributed by atoms with van der Waals surface area (Å²) < 4.78 is 0. The lowest BCUT2D eigenvalue weighted by atomic mass is 9.97. The van der Waals surface area contributed by atoms with Gasteiger partial charge >= 0.3 is 0 Å². The molecule has 0 fully saturated rings. The number of nitrogens with zero attached hydrogens (tertiary/aromatic N) is 3. The first kappa shape index (κ1) is 16.6. The van der Waals surface area contributed by atoms with E-state index in [2.05, 4.69) is 68.4 Å². The van der Waals surface area contributed by atoms with Crippen LogP contribution in [0.1, 0.15) is 5.56 Å². The van der Waals surface area contributed by atoms with Crippen molar-refractivity contribution in [1.82, 2.24) is 15.0 Å². The summed E-state index contributed by atoms with van der Waals surface area (Å²) in [6, 6.07) is 22.7. The third-order valence-electron chi connectivity index (χ3n) is 4.18. The number of alkyl halides is 1. The Morgan fingerprint density at radius 3 is 2.12 bits per heavy atom. The molecule has 0 amide bonds. The number of pyridine rings is 1. The predicted molar refractivity (Wildman–Crippen MR) is 109 cm³/mol. The lowest BCUT2D eigenvalue weighted by molar-refractivity contribution is 1.16. The van der Waals surface area contributed by atoms with E-state index in [0.29, 0.717) is 5.82 Å². The third kappa shape index (κ3) is 3.41. The fourth-order valence-corrected chi connectivity index (χ4v) is 3.23. The molecular weight excluding hydrogens is 386 g/mol. The average Bonchev–Trinajstić information content (AvgIpc) is 2.75. The van der Waals surface area contributed by atoms with Crippen LogP contribution in [0.4, 0.5) is 0 Å². The summed E-state index contributed by atoms with van der Waals surface area (Å²) >= 11 is 3.50. The Morgan fingerprint density at radius 2 is 1.42 bits per heavy atom. The molecule has 2 aromatic carbocycles. The van der Waals surface area contributed by atoms with Crippen molar-refractivity contribution in [3.05, 3.63) is 90.9 Å². The van der Waals surface area contributed by atoms with Gasteiger partial charge in [-0.3, -0.25) is 4.98 Å². The highest BCUT2D eigenvalue weighted by Crippen LogP contribution is 2.33. The van der Waals surface area contributed by atoms with Crippen molar-refractivity contribution < 1.29 is 0 Å². The molecule has 0 aliphatic carbocycles. The van der Waals surface area contributed by atoms with Gasteiger partial charge in [0.05, 0.1) is 5.69 Å². The largest absolute Gasteiger partial charge is 0.255 e. The smallest absolute Gasteiger partial charge is 0.160 e. The topological polar surface area (TPSA) is 38.7 Å². The van der Waals surface area contributed by atoms with Crippen molar-refractivity contribution in [2.24, 2.45) is 0 Å². The summed E-state index contributed by atoms with van der Waals surface area (Å²) in [5, 5.41) is 0.844. The zero-order valence-corrected chi connectivity index (χ0v) is 15.6. The van der Waals surface area contributed by atoms with E-state index in [4.69, 9.17) is 4.98 Å². The van der Waals surface area contributed by atoms with Gasteiger partial charge in [0, 0.05) is 40.6 Å². The van der Waals surface area contributed by atoms with Crippen molar-refractivity contribution in [2.45, 2.75) is 5.33 Å². The van der Waals surface area contributed by atoms with Crippen molar-refractivity contribution >= 4 is 15.9 Å². The van der Waals surface area contributed by atoms with Crippen molar-refractivity contribution in [3.63, 3.8) is 0 Å². The molecule has 4 rings (SSSR count). The van der Waals surface area contributed by atoms with Crippen LogP contribution in [-0.4, -0.2) is 15.0 Å². The summed E-state index contributed by atoms with van der Waals surface area (Å²) in [6.45, 7) is 0. The van der Waals surface area contributed by atoms with Gasteiger partial charge in [0.15, 0.2) is 5.82 Å². The first-order chi connectivity index (χ1) is 12.8. The maximum atomic E-state index is 4.77. The molecule has 0 aliphatic heterocycles. The van der Waals surface area contributed by atoms with Crippen LogP contribution in [0.3, 0.4) is 0 Å². The summed E-state index contributed by atoms with van der Waals surface area (Å²) in [4.78, 5) is 13.5. The molecule has 0 unspecified atom stereocenters. The fraction of sp³-hybridized carbons (Fsp3) is 0.0455. The van der Waals surface area contributed by atoms with E-state index in [-0.39, 0.29) is 0 Å².